The molecule has 1 atom stereocenters. The van der Waals surface area contributed by atoms with Gasteiger partial charge < -0.3 is 28.4 Å². The third-order valence-corrected chi connectivity index (χ3v) is 7.00. The topological polar surface area (TPSA) is 88.6 Å². The molecule has 0 bridgehead atoms. The molecule has 1 saturated heterocycles. The summed E-state index contributed by atoms with van der Waals surface area (Å²) in [6.07, 6.45) is 5.02. The summed E-state index contributed by atoms with van der Waals surface area (Å²) < 4.78 is 33.9. The van der Waals surface area contributed by atoms with Gasteiger partial charge in [0.05, 0.1) is 48.2 Å². The lowest BCUT2D eigenvalue weighted by atomic mass is 10.1. The number of anilines is 1. The number of thiazole rings is 1. The first-order valence-corrected chi connectivity index (χ1v) is 12.3. The number of carbonyl (C=O) groups is 1. The minimum Gasteiger partial charge on any atom is -0.495 e. The Morgan fingerprint density at radius 2 is 1.69 bits per heavy atom. The lowest BCUT2D eigenvalue weighted by Crippen LogP contribution is -2.36. The van der Waals surface area contributed by atoms with Crippen molar-refractivity contribution in [1.29, 1.82) is 0 Å². The van der Waals surface area contributed by atoms with E-state index in [-0.39, 0.29) is 12.0 Å². The summed E-state index contributed by atoms with van der Waals surface area (Å²) in [5.41, 5.74) is 1.37. The molecule has 1 fully saturated rings. The van der Waals surface area contributed by atoms with Gasteiger partial charge >= 0.3 is 0 Å². The molecule has 0 aliphatic carbocycles. The van der Waals surface area contributed by atoms with Crippen molar-refractivity contribution >= 4 is 38.7 Å². The van der Waals surface area contributed by atoms with E-state index in [1.54, 1.807) is 64.7 Å². The molecule has 0 spiro atoms. The molecular formula is C26H30N2O7S. The van der Waals surface area contributed by atoms with E-state index in [1.807, 2.05) is 6.07 Å². The van der Waals surface area contributed by atoms with E-state index in [1.165, 1.54) is 17.4 Å². The lowest BCUT2D eigenvalue weighted by molar-refractivity contribution is -0.114. The van der Waals surface area contributed by atoms with Gasteiger partial charge in [0.15, 0.2) is 16.6 Å². The fraction of sp³-hybridized carbons (Fsp3) is 0.385. The molecule has 1 aliphatic rings. The van der Waals surface area contributed by atoms with Crippen molar-refractivity contribution in [3.63, 3.8) is 0 Å². The van der Waals surface area contributed by atoms with Crippen LogP contribution < -0.4 is 28.6 Å². The zero-order valence-electron chi connectivity index (χ0n) is 21.0. The SMILES string of the molecule is COc1cc(/C=C/C(=O)N(CC2CCCO2)c2nc3c(OC)ccc(OC)c3s2)cc(OC)c1OC. The van der Waals surface area contributed by atoms with Crippen LogP contribution in [0.2, 0.25) is 0 Å². The fourth-order valence-corrected chi connectivity index (χ4v) is 5.19. The molecule has 0 N–H and O–H groups in total. The standard InChI is InChI=1S/C26H30N2O7S/c1-30-18-9-10-19(31-2)25-23(18)27-26(36-25)28(15-17-7-6-12-35-17)22(29)11-8-16-13-20(32-3)24(34-5)21(14-16)33-4/h8-11,13-14,17H,6-7,12,15H2,1-5H3/b11-8+. The molecule has 192 valence electrons. The Bertz CT molecular complexity index is 1180. The van der Waals surface area contributed by atoms with Gasteiger partial charge in [-0.1, -0.05) is 11.3 Å². The Hall–Kier alpha value is -3.50. The van der Waals surface area contributed by atoms with Crippen LogP contribution in [0.25, 0.3) is 16.3 Å². The summed E-state index contributed by atoms with van der Waals surface area (Å²) in [5.74, 6) is 2.56. The molecule has 4 rings (SSSR count). The molecule has 1 amide bonds. The number of carbonyl (C=O) groups excluding carboxylic acids is 1. The number of nitrogens with zero attached hydrogens (tertiary/aromatic N) is 2. The van der Waals surface area contributed by atoms with Gasteiger partial charge in [0, 0.05) is 12.7 Å². The normalized spacial score (nSPS) is 15.3. The highest BCUT2D eigenvalue weighted by Crippen LogP contribution is 2.41. The van der Waals surface area contributed by atoms with Crippen LogP contribution in [0.1, 0.15) is 18.4 Å². The maximum Gasteiger partial charge on any atom is 0.252 e. The second-order valence-electron chi connectivity index (χ2n) is 8.02. The van der Waals surface area contributed by atoms with E-state index in [0.29, 0.717) is 52.5 Å². The molecule has 1 unspecified atom stereocenters. The average molecular weight is 515 g/mol. The number of hydrogen-bond acceptors (Lipinski definition) is 9. The molecule has 1 aromatic heterocycles. The number of methoxy groups -OCH3 is 5. The molecule has 9 nitrogen and oxygen atoms in total. The highest BCUT2D eigenvalue weighted by Gasteiger charge is 2.26. The monoisotopic (exact) mass is 514 g/mol. The van der Waals surface area contributed by atoms with Crippen molar-refractivity contribution in [1.82, 2.24) is 4.98 Å². The second-order valence-corrected chi connectivity index (χ2v) is 9.00. The predicted molar refractivity (Wildman–Crippen MR) is 139 cm³/mol. The zero-order valence-corrected chi connectivity index (χ0v) is 21.8. The summed E-state index contributed by atoms with van der Waals surface area (Å²) in [7, 11) is 7.85. The van der Waals surface area contributed by atoms with Gasteiger partial charge in [0.1, 0.15) is 21.7 Å². The largest absolute Gasteiger partial charge is 0.495 e. The van der Waals surface area contributed by atoms with Crippen LogP contribution in [0.3, 0.4) is 0 Å². The number of benzene rings is 2. The fourth-order valence-electron chi connectivity index (χ4n) is 4.10. The van der Waals surface area contributed by atoms with Crippen molar-refractivity contribution < 1.29 is 33.2 Å². The van der Waals surface area contributed by atoms with Crippen LogP contribution in [0.15, 0.2) is 30.3 Å². The van der Waals surface area contributed by atoms with Gasteiger partial charge in [0.2, 0.25) is 5.75 Å². The number of fused-ring (bicyclic) bond motifs is 1. The first-order valence-electron chi connectivity index (χ1n) is 11.5. The third-order valence-electron chi connectivity index (χ3n) is 5.91. The van der Waals surface area contributed by atoms with Crippen LogP contribution in [-0.4, -0.2) is 65.7 Å². The zero-order chi connectivity index (χ0) is 25.7. The summed E-state index contributed by atoms with van der Waals surface area (Å²) in [5, 5.41) is 0.544. The molecule has 3 aromatic rings. The van der Waals surface area contributed by atoms with Gasteiger partial charge in [-0.25, -0.2) is 4.98 Å². The predicted octanol–water partition coefficient (Wildman–Crippen LogP) is 4.56. The van der Waals surface area contributed by atoms with E-state index in [2.05, 4.69) is 0 Å². The van der Waals surface area contributed by atoms with Crippen LogP contribution in [0, 0.1) is 0 Å². The summed E-state index contributed by atoms with van der Waals surface area (Å²) in [6.45, 7) is 1.08. The van der Waals surface area contributed by atoms with Crippen molar-refractivity contribution in [3.05, 3.63) is 35.9 Å². The van der Waals surface area contributed by atoms with Crippen molar-refractivity contribution in [2.24, 2.45) is 0 Å². The van der Waals surface area contributed by atoms with Gasteiger partial charge in [-0.2, -0.15) is 0 Å². The van der Waals surface area contributed by atoms with Gasteiger partial charge in [-0.15, -0.1) is 0 Å². The molecule has 1 aliphatic heterocycles. The van der Waals surface area contributed by atoms with E-state index in [0.717, 1.165) is 23.1 Å². The Kier molecular flexibility index (Phi) is 8.17. The van der Waals surface area contributed by atoms with E-state index < -0.39 is 0 Å². The minimum atomic E-state index is -0.226. The van der Waals surface area contributed by atoms with Crippen LogP contribution in [0.5, 0.6) is 28.7 Å². The number of ether oxygens (including phenoxy) is 6. The molecule has 0 saturated carbocycles. The highest BCUT2D eigenvalue weighted by molar-refractivity contribution is 7.22. The number of hydrogen-bond donors (Lipinski definition) is 0. The molecule has 2 heterocycles. The Balaban J connectivity index is 1.70. The number of rotatable bonds is 10. The van der Waals surface area contributed by atoms with Gasteiger partial charge in [-0.05, 0) is 48.7 Å². The summed E-state index contributed by atoms with van der Waals surface area (Å²) >= 11 is 1.38. The molecule has 10 heteroatoms. The van der Waals surface area contributed by atoms with E-state index >= 15 is 0 Å². The summed E-state index contributed by atoms with van der Waals surface area (Å²) in [4.78, 5) is 19.9. The maximum atomic E-state index is 13.5. The average Bonchev–Trinajstić information content (AvgIpc) is 3.59. The van der Waals surface area contributed by atoms with Crippen LogP contribution in [0.4, 0.5) is 5.13 Å². The second kappa shape index (κ2) is 11.5. The molecule has 2 aromatic carbocycles. The van der Waals surface area contributed by atoms with Crippen LogP contribution in [-0.2, 0) is 9.53 Å². The summed E-state index contributed by atoms with van der Waals surface area (Å²) in [6, 6.07) is 7.20. The highest BCUT2D eigenvalue weighted by atomic mass is 32.1. The van der Waals surface area contributed by atoms with Crippen molar-refractivity contribution in [3.8, 4) is 28.7 Å². The smallest absolute Gasteiger partial charge is 0.252 e. The first kappa shape index (κ1) is 25.6. The van der Waals surface area contributed by atoms with E-state index in [9.17, 15) is 4.79 Å². The molecular weight excluding hydrogens is 484 g/mol. The van der Waals surface area contributed by atoms with Crippen LogP contribution >= 0.6 is 11.3 Å². The first-order chi connectivity index (χ1) is 17.5. The number of amides is 1. The minimum absolute atomic E-state index is 0.0562. The Labute approximate surface area is 214 Å². The van der Waals surface area contributed by atoms with E-state index in [4.69, 9.17) is 33.4 Å². The van der Waals surface area contributed by atoms with Crippen molar-refractivity contribution in [2.75, 3.05) is 53.6 Å². The van der Waals surface area contributed by atoms with Gasteiger partial charge in [0.25, 0.3) is 5.91 Å². The quantitative estimate of drug-likeness (QED) is 0.364. The van der Waals surface area contributed by atoms with Crippen molar-refractivity contribution in [2.45, 2.75) is 18.9 Å². The maximum absolute atomic E-state index is 13.5. The molecule has 36 heavy (non-hydrogen) atoms. The Morgan fingerprint density at radius 3 is 2.28 bits per heavy atom. The lowest BCUT2D eigenvalue weighted by Gasteiger charge is -2.21. The number of aromatic nitrogens is 1. The third kappa shape index (κ3) is 5.19. The van der Waals surface area contributed by atoms with Gasteiger partial charge in [-0.3, -0.25) is 9.69 Å². The molecule has 0 radical (unpaired) electrons. The Morgan fingerprint density at radius 1 is 1.03 bits per heavy atom.